The monoisotopic (exact) mass is 878 g/mol. The topological polar surface area (TPSA) is 129 Å². The van der Waals surface area contributed by atoms with Crippen LogP contribution in [0.1, 0.15) is 68.7 Å². The second-order valence-electron chi connectivity index (χ2n) is 15.4. The molecule has 0 bridgehead atoms. The highest BCUT2D eigenvalue weighted by atomic mass is 35.5. The van der Waals surface area contributed by atoms with Gasteiger partial charge in [-0.2, -0.15) is 19.0 Å². The van der Waals surface area contributed by atoms with E-state index in [2.05, 4.69) is 25.5 Å². The molecule has 4 aromatic carbocycles. The van der Waals surface area contributed by atoms with Crippen molar-refractivity contribution in [1.29, 1.82) is 0 Å². The first-order valence-corrected chi connectivity index (χ1v) is 19.3. The number of rotatable bonds is 13. The van der Waals surface area contributed by atoms with Gasteiger partial charge < -0.3 is 14.8 Å². The molecule has 1 saturated heterocycles. The first-order valence-electron chi connectivity index (χ1n) is 18.9. The average molecular weight is 879 g/mol. The van der Waals surface area contributed by atoms with Gasteiger partial charge in [0, 0.05) is 17.8 Å². The zero-order valence-electron chi connectivity index (χ0n) is 33.2. The van der Waals surface area contributed by atoms with Gasteiger partial charge in [-0.3, -0.25) is 9.69 Å². The fourth-order valence-corrected chi connectivity index (χ4v) is 7.33. The number of hydrogen-bond donors (Lipinski definition) is 1. The van der Waals surface area contributed by atoms with Gasteiger partial charge in [-0.1, -0.05) is 93.0 Å². The van der Waals surface area contributed by atoms with E-state index in [1.54, 1.807) is 54.6 Å². The molecule has 2 amide bonds. The molecule has 1 aliphatic rings. The van der Waals surface area contributed by atoms with Crippen LogP contribution >= 0.6 is 11.6 Å². The predicted octanol–water partition coefficient (Wildman–Crippen LogP) is 9.97. The molecule has 12 nitrogen and oxygen atoms in total. The number of nitrogens with zero attached hydrogens (tertiary/aromatic N) is 7. The molecule has 0 unspecified atom stereocenters. The number of halogens is 7. The van der Waals surface area contributed by atoms with Crippen LogP contribution in [0.3, 0.4) is 0 Å². The fourth-order valence-electron chi connectivity index (χ4n) is 7.13. The van der Waals surface area contributed by atoms with Crippen molar-refractivity contribution in [2.75, 3.05) is 6.61 Å². The van der Waals surface area contributed by atoms with Crippen molar-refractivity contribution in [3.05, 3.63) is 149 Å². The van der Waals surface area contributed by atoms with Crippen LogP contribution < -0.4 is 10.1 Å². The molecule has 0 radical (unpaired) electrons. The molecular weight excluding hydrogens is 842 g/mol. The van der Waals surface area contributed by atoms with Crippen molar-refractivity contribution in [3.8, 4) is 22.6 Å². The van der Waals surface area contributed by atoms with Crippen molar-refractivity contribution in [2.45, 2.75) is 58.4 Å². The molecule has 19 heteroatoms. The second-order valence-corrected chi connectivity index (χ2v) is 15.8. The van der Waals surface area contributed by atoms with E-state index in [0.717, 1.165) is 28.0 Å². The number of hydrogen-bond acceptors (Lipinski definition) is 7. The van der Waals surface area contributed by atoms with Crippen LogP contribution in [0.25, 0.3) is 16.8 Å². The number of amides is 2. The third-order valence-electron chi connectivity index (χ3n) is 9.80. The van der Waals surface area contributed by atoms with E-state index in [1.165, 1.54) is 30.6 Å². The molecule has 2 aromatic heterocycles. The lowest BCUT2D eigenvalue weighted by Crippen LogP contribution is -2.47. The summed E-state index contributed by atoms with van der Waals surface area (Å²) in [7, 11) is 0. The summed E-state index contributed by atoms with van der Waals surface area (Å²) >= 11 is 6.55. The lowest BCUT2D eigenvalue weighted by molar-refractivity contribution is -0.134. The van der Waals surface area contributed by atoms with Gasteiger partial charge in [0.25, 0.3) is 12.3 Å². The molecular formula is C43H37ClF6N8O4. The van der Waals surface area contributed by atoms with Crippen LogP contribution in [0.5, 0.6) is 5.75 Å². The van der Waals surface area contributed by atoms with E-state index in [1.807, 2.05) is 20.8 Å². The van der Waals surface area contributed by atoms with Gasteiger partial charge in [-0.15, -0.1) is 4.99 Å². The third kappa shape index (κ3) is 9.29. The lowest BCUT2D eigenvalue weighted by atomic mass is 9.75. The molecule has 0 aliphatic carbocycles. The van der Waals surface area contributed by atoms with Gasteiger partial charge in [0.05, 0.1) is 22.9 Å². The maximum Gasteiger partial charge on any atom is 0.437 e. The summed E-state index contributed by atoms with van der Waals surface area (Å²) in [5.41, 5.74) is -0.320. The Kier molecular flexibility index (Phi) is 12.4. The molecule has 1 fully saturated rings. The Hall–Kier alpha value is -6.69. The molecule has 3 heterocycles. The summed E-state index contributed by atoms with van der Waals surface area (Å²) < 4.78 is 96.7. The maximum absolute atomic E-state index is 15.6. The van der Waals surface area contributed by atoms with Crippen molar-refractivity contribution in [3.63, 3.8) is 0 Å². The Morgan fingerprint density at radius 1 is 0.935 bits per heavy atom. The summed E-state index contributed by atoms with van der Waals surface area (Å²) in [5.74, 6) is -4.07. The van der Waals surface area contributed by atoms with Crippen molar-refractivity contribution < 1.29 is 45.4 Å². The van der Waals surface area contributed by atoms with Crippen LogP contribution in [-0.4, -0.2) is 54.0 Å². The molecule has 1 N–H and O–H groups in total. The highest BCUT2D eigenvalue weighted by molar-refractivity contribution is 6.32. The van der Waals surface area contributed by atoms with Crippen LogP contribution in [0.4, 0.5) is 31.1 Å². The van der Waals surface area contributed by atoms with Gasteiger partial charge in [0.2, 0.25) is 5.96 Å². The van der Waals surface area contributed by atoms with E-state index in [4.69, 9.17) is 21.1 Å². The number of ether oxygens (including phenoxy) is 2. The predicted molar refractivity (Wildman–Crippen MR) is 215 cm³/mol. The van der Waals surface area contributed by atoms with Crippen LogP contribution in [0.15, 0.2) is 115 Å². The Labute approximate surface area is 355 Å². The van der Waals surface area contributed by atoms with Crippen molar-refractivity contribution in [1.82, 2.24) is 34.8 Å². The molecule has 322 valence electrons. The minimum Gasteiger partial charge on any atom is -0.488 e. The van der Waals surface area contributed by atoms with Crippen LogP contribution in [-0.2, 0) is 21.7 Å². The van der Waals surface area contributed by atoms with Gasteiger partial charge in [0.1, 0.15) is 30.9 Å². The normalized spacial score (nSPS) is 16.6. The number of carbonyl (C=O) groups is 2. The quantitative estimate of drug-likeness (QED) is 0.114. The Balaban J connectivity index is 1.38. The highest BCUT2D eigenvalue weighted by Crippen LogP contribution is 2.43. The Bertz CT molecular complexity index is 2600. The zero-order chi connectivity index (χ0) is 44.3. The minimum atomic E-state index is -3.06. The van der Waals surface area contributed by atoms with E-state index >= 15 is 9.18 Å². The minimum absolute atomic E-state index is 0.0316. The zero-order valence-corrected chi connectivity index (χ0v) is 33.9. The van der Waals surface area contributed by atoms with E-state index in [-0.39, 0.29) is 35.3 Å². The Morgan fingerprint density at radius 3 is 2.34 bits per heavy atom. The van der Waals surface area contributed by atoms with E-state index < -0.39 is 71.8 Å². The van der Waals surface area contributed by atoms with E-state index in [0.29, 0.717) is 33.0 Å². The highest BCUT2D eigenvalue weighted by Gasteiger charge is 2.55. The average Bonchev–Trinajstić information content (AvgIpc) is 3.98. The molecule has 1 aliphatic heterocycles. The van der Waals surface area contributed by atoms with Gasteiger partial charge in [-0.25, -0.2) is 36.7 Å². The van der Waals surface area contributed by atoms with E-state index in [9.17, 15) is 26.7 Å². The van der Waals surface area contributed by atoms with Gasteiger partial charge in [-0.05, 0) is 58.4 Å². The number of carbonyl (C=O) groups excluding carboxylic acids is 2. The number of aliphatic imine (C=N–C) groups is 1. The third-order valence-corrected chi connectivity index (χ3v) is 10.1. The smallest absolute Gasteiger partial charge is 0.437 e. The number of benzene rings is 4. The van der Waals surface area contributed by atoms with Gasteiger partial charge >= 0.3 is 12.6 Å². The SMILES string of the molecule is CC(C)(C)C[C@]1(c2ccc(-c3cnn(C(F)F)c3)cc2)N/C(=N/C(=O)OCc2ccccc2)N([C@H](COc2ccc(F)cc2F)c2ccc(Cl)c(-n3ncnc3C(F)F)c2)C1=O. The Morgan fingerprint density at radius 2 is 1.68 bits per heavy atom. The summed E-state index contributed by atoms with van der Waals surface area (Å²) in [6.45, 7) is 2.03. The fraction of sp³-hybridized carbons (Fsp3) is 0.256. The number of alkyl halides is 4. The first kappa shape index (κ1) is 43.4. The maximum atomic E-state index is 15.6. The first-order chi connectivity index (χ1) is 29.5. The summed E-state index contributed by atoms with van der Waals surface area (Å²) in [6.07, 6.45) is -0.727. The summed E-state index contributed by atoms with van der Waals surface area (Å²) in [4.78, 5) is 38.2. The lowest BCUT2D eigenvalue weighted by Gasteiger charge is -2.35. The van der Waals surface area contributed by atoms with Gasteiger partial charge in [0.15, 0.2) is 17.4 Å². The van der Waals surface area contributed by atoms with Crippen molar-refractivity contribution in [2.24, 2.45) is 10.4 Å². The number of guanidine groups is 1. The van der Waals surface area contributed by atoms with Crippen LogP contribution in [0.2, 0.25) is 5.02 Å². The number of nitrogens with one attached hydrogen (secondary N) is 1. The number of aromatic nitrogens is 5. The van der Waals surface area contributed by atoms with Crippen LogP contribution in [0, 0.1) is 17.0 Å². The molecule has 6 aromatic rings. The standard InChI is InChI=1S/C43H37ClF6N8O4/c1-42(2,3)23-43(29-12-9-26(10-13-29)28-19-52-56(20-28)39(49)50)38(59)57(40(55-43)54-41(60)62-21-25-7-5-4-6-8-25)34(22-61-35-16-14-30(45)18-32(35)46)27-11-15-31(44)33(17-27)58-37(36(47)48)51-24-53-58/h4-20,24,34,36,39H,21-23H2,1-3H3,(H,54,55,60)/t34-,43-/m1/s1. The molecule has 0 saturated carbocycles. The summed E-state index contributed by atoms with van der Waals surface area (Å²) in [6, 6.07) is 20.7. The molecule has 7 rings (SSSR count). The molecule has 0 spiro atoms. The largest absolute Gasteiger partial charge is 0.488 e. The molecule has 2 atom stereocenters. The summed E-state index contributed by atoms with van der Waals surface area (Å²) in [5, 5.41) is 10.8. The van der Waals surface area contributed by atoms with Crippen molar-refractivity contribution >= 4 is 29.6 Å². The molecule has 62 heavy (non-hydrogen) atoms. The second kappa shape index (κ2) is 17.7.